The summed E-state index contributed by atoms with van der Waals surface area (Å²) in [7, 11) is -3.34. The van der Waals surface area contributed by atoms with Gasteiger partial charge >= 0.3 is 17.4 Å². The minimum atomic E-state index is -2.56. The van der Waals surface area contributed by atoms with Crippen LogP contribution in [0.2, 0.25) is 57.4 Å². The molecule has 0 heterocycles. The van der Waals surface area contributed by atoms with Crippen molar-refractivity contribution in [3.8, 4) is 0 Å². The molecule has 0 saturated heterocycles. The van der Waals surface area contributed by atoms with Crippen LogP contribution in [0, 0.1) is 0 Å². The van der Waals surface area contributed by atoms with E-state index in [1.807, 2.05) is 0 Å². The molecule has 0 amide bonds. The highest BCUT2D eigenvalue weighted by molar-refractivity contribution is 6.88. The first-order valence-electron chi connectivity index (χ1n) is 13.9. The van der Waals surface area contributed by atoms with E-state index in [0.29, 0.717) is 0 Å². The summed E-state index contributed by atoms with van der Waals surface area (Å²) in [6, 6.07) is 2.98. The largest absolute Gasteiger partial charge is 0.499 e. The van der Waals surface area contributed by atoms with Crippen LogP contribution in [-0.4, -0.2) is 55.3 Å². The van der Waals surface area contributed by atoms with Crippen LogP contribution in [0.15, 0.2) is 0 Å². The quantitative estimate of drug-likeness (QED) is 0.0936. The summed E-state index contributed by atoms with van der Waals surface area (Å²) >= 11 is 0. The molecule has 0 aromatic carbocycles. The maximum atomic E-state index is 6.78. The lowest BCUT2D eigenvalue weighted by Gasteiger charge is -2.39. The molecule has 0 atom stereocenters. The van der Waals surface area contributed by atoms with Crippen LogP contribution < -0.4 is 0 Å². The van der Waals surface area contributed by atoms with Gasteiger partial charge in [0.1, 0.15) is 0 Å². The molecule has 0 bridgehead atoms. The molecule has 0 aliphatic heterocycles. The Labute approximate surface area is 217 Å². The smallest absolute Gasteiger partial charge is 0.437 e. The van der Waals surface area contributed by atoms with E-state index in [9.17, 15) is 0 Å². The summed E-state index contributed by atoms with van der Waals surface area (Å²) in [5, 5.41) is 0. The lowest BCUT2D eigenvalue weighted by molar-refractivity contribution is 0.125. The second-order valence-corrected chi connectivity index (χ2v) is 27.1. The van der Waals surface area contributed by atoms with Crippen molar-refractivity contribution in [1.82, 2.24) is 0 Å². The van der Waals surface area contributed by atoms with Gasteiger partial charge in [-0.3, -0.25) is 0 Å². The predicted octanol–water partition coefficient (Wildman–Crippen LogP) is 8.71. The zero-order valence-electron chi connectivity index (χ0n) is 24.6. The third kappa shape index (κ3) is 17.2. The van der Waals surface area contributed by atoms with E-state index in [-0.39, 0.29) is 0 Å². The van der Waals surface area contributed by atoms with E-state index in [0.717, 1.165) is 12.1 Å². The molecule has 0 rings (SSSR count). The third-order valence-electron chi connectivity index (χ3n) is 6.64. The van der Waals surface area contributed by atoms with Gasteiger partial charge in [0.2, 0.25) is 0 Å². The Kier molecular flexibility index (Phi) is 18.4. The Hall–Kier alpha value is 0.668. The van der Waals surface area contributed by atoms with Gasteiger partial charge in [-0.25, -0.2) is 0 Å². The molecule has 0 spiro atoms. The van der Waals surface area contributed by atoms with Crippen LogP contribution in [0.3, 0.4) is 0 Å². The number of hydrogen-bond donors (Lipinski definition) is 0. The summed E-state index contributed by atoms with van der Waals surface area (Å²) in [6.45, 7) is 16.1. The number of hydrogen-bond acceptors (Lipinski definition) is 5. The number of rotatable bonds is 23. The highest BCUT2D eigenvalue weighted by atomic mass is 28.5. The predicted molar refractivity (Wildman–Crippen MR) is 157 cm³/mol. The van der Waals surface area contributed by atoms with E-state index in [1.54, 1.807) is 21.3 Å². The van der Waals surface area contributed by atoms with Gasteiger partial charge in [0, 0.05) is 27.4 Å². The van der Waals surface area contributed by atoms with Crippen molar-refractivity contribution >= 4 is 34.0 Å². The first-order chi connectivity index (χ1) is 15.9. The lowest BCUT2D eigenvalue weighted by Crippen LogP contribution is -2.53. The van der Waals surface area contributed by atoms with Crippen molar-refractivity contribution in [2.45, 2.75) is 141 Å². The van der Waals surface area contributed by atoms with Crippen LogP contribution in [0.25, 0.3) is 0 Å². The molecule has 0 aromatic rings. The first kappa shape index (κ1) is 34.7. The van der Waals surface area contributed by atoms with E-state index in [1.165, 1.54) is 83.1 Å². The van der Waals surface area contributed by atoms with Crippen LogP contribution in [-0.2, 0) is 21.5 Å². The summed E-state index contributed by atoms with van der Waals surface area (Å²) < 4.78 is 30.3. The summed E-state index contributed by atoms with van der Waals surface area (Å²) in [5.74, 6) is 0. The normalized spacial score (nSPS) is 13.6. The van der Waals surface area contributed by atoms with Gasteiger partial charge in [-0.15, -0.1) is 0 Å². The Morgan fingerprint density at radius 3 is 1.18 bits per heavy atom. The maximum Gasteiger partial charge on any atom is 0.499 e. The van der Waals surface area contributed by atoms with Gasteiger partial charge in [-0.1, -0.05) is 84.0 Å². The fourth-order valence-electron chi connectivity index (χ4n) is 4.86. The van der Waals surface area contributed by atoms with Crippen molar-refractivity contribution < 1.29 is 21.5 Å². The van der Waals surface area contributed by atoms with Gasteiger partial charge in [0.05, 0.1) is 0 Å². The van der Waals surface area contributed by atoms with Gasteiger partial charge in [-0.2, -0.15) is 0 Å². The second-order valence-electron chi connectivity index (χ2n) is 11.6. The zero-order chi connectivity index (χ0) is 26.1. The molecule has 0 aliphatic rings. The molecule has 206 valence electrons. The van der Waals surface area contributed by atoms with Crippen LogP contribution in [0.1, 0.15) is 84.0 Å². The maximum absolute atomic E-state index is 6.78. The first-order valence-corrected chi connectivity index (χ1v) is 24.9. The van der Waals surface area contributed by atoms with Crippen LogP contribution >= 0.6 is 0 Å². The highest BCUT2D eigenvalue weighted by Crippen LogP contribution is 2.29. The molecule has 0 unspecified atom stereocenters. The standard InChI is InChI=1S/C25H60O5Si4/c1-11-12-13-14-15-16-17-18-19-20-21-22-23-31(5,6)29-33(9,10)30-32(7,8)24-25-34(26-2,27-3)28-4/h11-25H2,1-10H3. The minimum absolute atomic E-state index is 0.792. The van der Waals surface area contributed by atoms with Crippen LogP contribution in [0.5, 0.6) is 0 Å². The summed E-state index contributed by atoms with van der Waals surface area (Å²) in [6.07, 6.45) is 16.8. The molecular formula is C25H60O5Si4. The monoisotopic (exact) mass is 552 g/mol. The molecule has 5 nitrogen and oxygen atoms in total. The Bertz CT molecular complexity index is 491. The molecule has 0 saturated carbocycles. The summed E-state index contributed by atoms with van der Waals surface area (Å²) in [4.78, 5) is 0. The second kappa shape index (κ2) is 18.0. The van der Waals surface area contributed by atoms with Crippen molar-refractivity contribution in [2.24, 2.45) is 0 Å². The molecular weight excluding hydrogens is 493 g/mol. The highest BCUT2D eigenvalue weighted by Gasteiger charge is 2.43. The van der Waals surface area contributed by atoms with Gasteiger partial charge in [0.15, 0.2) is 16.6 Å². The number of unbranched alkanes of at least 4 members (excludes halogenated alkanes) is 11. The van der Waals surface area contributed by atoms with Crippen molar-refractivity contribution in [3.05, 3.63) is 0 Å². The molecule has 0 aliphatic carbocycles. The third-order valence-corrected chi connectivity index (χ3v) is 21.2. The Morgan fingerprint density at radius 1 is 0.441 bits per heavy atom. The van der Waals surface area contributed by atoms with Gasteiger partial charge < -0.3 is 21.5 Å². The average molecular weight is 553 g/mol. The van der Waals surface area contributed by atoms with Crippen molar-refractivity contribution in [2.75, 3.05) is 21.3 Å². The van der Waals surface area contributed by atoms with E-state index < -0.39 is 34.0 Å². The molecule has 0 radical (unpaired) electrons. The molecule has 34 heavy (non-hydrogen) atoms. The van der Waals surface area contributed by atoms with E-state index in [4.69, 9.17) is 21.5 Å². The molecule has 9 heteroatoms. The zero-order valence-corrected chi connectivity index (χ0v) is 28.6. The fourth-order valence-corrected chi connectivity index (χ4v) is 22.7. The Balaban J connectivity index is 4.20. The average Bonchev–Trinajstić information content (AvgIpc) is 2.74. The fraction of sp³-hybridized carbons (Fsp3) is 1.00. The Morgan fingerprint density at radius 2 is 0.794 bits per heavy atom. The van der Waals surface area contributed by atoms with Crippen LogP contribution in [0.4, 0.5) is 0 Å². The lowest BCUT2D eigenvalue weighted by atomic mass is 10.1. The summed E-state index contributed by atoms with van der Waals surface area (Å²) in [5.41, 5.74) is 0. The minimum Gasteiger partial charge on any atom is -0.437 e. The molecule has 0 aromatic heterocycles. The van der Waals surface area contributed by atoms with E-state index >= 15 is 0 Å². The van der Waals surface area contributed by atoms with Crippen molar-refractivity contribution in [3.63, 3.8) is 0 Å². The van der Waals surface area contributed by atoms with E-state index in [2.05, 4.69) is 46.2 Å². The van der Waals surface area contributed by atoms with Gasteiger partial charge in [-0.05, 0) is 51.4 Å². The van der Waals surface area contributed by atoms with Crippen molar-refractivity contribution in [1.29, 1.82) is 0 Å². The SMILES string of the molecule is CCCCCCCCCCCCCC[Si](C)(C)O[Si](C)(C)O[Si](C)(C)CC[Si](OC)(OC)OC. The molecule has 0 N–H and O–H groups in total. The topological polar surface area (TPSA) is 46.2 Å². The molecule has 0 fully saturated rings. The van der Waals surface area contributed by atoms with Gasteiger partial charge in [0.25, 0.3) is 0 Å².